The fourth-order valence-corrected chi connectivity index (χ4v) is 3.36. The summed E-state index contributed by atoms with van der Waals surface area (Å²) in [6.45, 7) is 4.21. The van der Waals surface area contributed by atoms with Gasteiger partial charge in [-0.2, -0.15) is 0 Å². The van der Waals surface area contributed by atoms with Crippen molar-refractivity contribution in [3.8, 4) is 5.75 Å². The second kappa shape index (κ2) is 8.12. The third-order valence-electron chi connectivity index (χ3n) is 4.78. The summed E-state index contributed by atoms with van der Waals surface area (Å²) < 4.78 is 5.34. The van der Waals surface area contributed by atoms with Crippen LogP contribution in [0.4, 0.5) is 5.69 Å². The Kier molecular flexibility index (Phi) is 5.66. The zero-order valence-electron chi connectivity index (χ0n) is 14.9. The third-order valence-corrected chi connectivity index (χ3v) is 4.78. The van der Waals surface area contributed by atoms with Crippen LogP contribution < -0.4 is 10.1 Å². The summed E-state index contributed by atoms with van der Waals surface area (Å²) in [5, 5.41) is 3.00. The Balaban J connectivity index is 1.53. The van der Waals surface area contributed by atoms with Crippen molar-refractivity contribution in [2.45, 2.75) is 25.7 Å². The molecule has 5 nitrogen and oxygen atoms in total. The van der Waals surface area contributed by atoms with Crippen molar-refractivity contribution in [2.24, 2.45) is 0 Å². The molecule has 132 valence electrons. The van der Waals surface area contributed by atoms with Gasteiger partial charge in [-0.05, 0) is 56.6 Å². The molecule has 1 aromatic carbocycles. The number of hydrogen-bond donors (Lipinski definition) is 1. The van der Waals surface area contributed by atoms with Gasteiger partial charge in [-0.3, -0.25) is 14.7 Å². The lowest BCUT2D eigenvalue weighted by Gasteiger charge is -2.31. The number of ether oxygens (including phenoxy) is 1. The number of methoxy groups -OCH3 is 1. The highest BCUT2D eigenvalue weighted by atomic mass is 16.5. The Morgan fingerprint density at radius 3 is 2.72 bits per heavy atom. The molecule has 0 saturated carbocycles. The lowest BCUT2D eigenvalue weighted by atomic mass is 9.93. The molecular weight excluding hydrogens is 314 g/mol. The molecule has 2 aromatic rings. The first-order valence-electron chi connectivity index (χ1n) is 8.74. The van der Waals surface area contributed by atoms with Crippen LogP contribution in [0.5, 0.6) is 5.75 Å². The van der Waals surface area contributed by atoms with Crippen molar-refractivity contribution in [2.75, 3.05) is 32.1 Å². The van der Waals surface area contributed by atoms with E-state index in [2.05, 4.69) is 21.3 Å². The highest BCUT2D eigenvalue weighted by molar-refractivity contribution is 5.94. The number of piperidine rings is 1. The second-order valence-corrected chi connectivity index (χ2v) is 6.51. The number of nitrogens with zero attached hydrogens (tertiary/aromatic N) is 2. The van der Waals surface area contributed by atoms with Crippen molar-refractivity contribution >= 4 is 11.6 Å². The molecule has 1 saturated heterocycles. The maximum atomic E-state index is 12.4. The van der Waals surface area contributed by atoms with E-state index in [0.29, 0.717) is 18.2 Å². The molecule has 1 aliphatic heterocycles. The molecule has 1 aromatic heterocycles. The van der Waals surface area contributed by atoms with E-state index in [4.69, 9.17) is 4.74 Å². The number of aromatic nitrogens is 1. The monoisotopic (exact) mass is 339 g/mol. The van der Waals surface area contributed by atoms with Gasteiger partial charge in [0.1, 0.15) is 5.75 Å². The number of aryl methyl sites for hydroxylation is 1. The molecule has 0 aliphatic carbocycles. The Hall–Kier alpha value is -2.40. The van der Waals surface area contributed by atoms with E-state index < -0.39 is 0 Å². The molecule has 0 atom stereocenters. The van der Waals surface area contributed by atoms with Gasteiger partial charge in [0.15, 0.2) is 0 Å². The van der Waals surface area contributed by atoms with Crippen LogP contribution in [0.15, 0.2) is 42.6 Å². The van der Waals surface area contributed by atoms with Crippen LogP contribution in [0.25, 0.3) is 0 Å². The van der Waals surface area contributed by atoms with Crippen LogP contribution in [0.3, 0.4) is 0 Å². The second-order valence-electron chi connectivity index (χ2n) is 6.51. The predicted octanol–water partition coefficient (Wildman–Crippen LogP) is 3.22. The highest BCUT2D eigenvalue weighted by Crippen LogP contribution is 2.28. The van der Waals surface area contributed by atoms with Crippen LogP contribution in [-0.2, 0) is 4.79 Å². The lowest BCUT2D eigenvalue weighted by molar-refractivity contribution is -0.117. The summed E-state index contributed by atoms with van der Waals surface area (Å²) in [4.78, 5) is 19.1. The minimum atomic E-state index is 0.00360. The van der Waals surface area contributed by atoms with Gasteiger partial charge in [0.05, 0.1) is 19.3 Å². The molecular formula is C20H25N3O2. The van der Waals surface area contributed by atoms with Gasteiger partial charge in [-0.25, -0.2) is 0 Å². The van der Waals surface area contributed by atoms with E-state index >= 15 is 0 Å². The normalized spacial score (nSPS) is 15.8. The molecule has 0 bridgehead atoms. The van der Waals surface area contributed by atoms with Crippen molar-refractivity contribution < 1.29 is 9.53 Å². The number of benzene rings is 1. The first-order valence-corrected chi connectivity index (χ1v) is 8.74. The van der Waals surface area contributed by atoms with Gasteiger partial charge in [0, 0.05) is 17.8 Å². The molecule has 2 heterocycles. The Morgan fingerprint density at radius 2 is 2.04 bits per heavy atom. The summed E-state index contributed by atoms with van der Waals surface area (Å²) in [5.74, 6) is 1.20. The van der Waals surface area contributed by atoms with Crippen LogP contribution >= 0.6 is 0 Å². The van der Waals surface area contributed by atoms with E-state index in [0.717, 1.165) is 42.9 Å². The number of pyridine rings is 1. The summed E-state index contributed by atoms with van der Waals surface area (Å²) >= 11 is 0. The number of hydrogen-bond acceptors (Lipinski definition) is 4. The number of nitrogens with one attached hydrogen (secondary N) is 1. The molecule has 0 radical (unpaired) electrons. The predicted molar refractivity (Wildman–Crippen MR) is 99.0 cm³/mol. The molecule has 1 fully saturated rings. The summed E-state index contributed by atoms with van der Waals surface area (Å²) in [6, 6.07) is 11.8. The van der Waals surface area contributed by atoms with Gasteiger partial charge < -0.3 is 10.1 Å². The van der Waals surface area contributed by atoms with Crippen molar-refractivity contribution in [3.63, 3.8) is 0 Å². The number of rotatable bonds is 5. The lowest BCUT2D eigenvalue weighted by Crippen LogP contribution is -2.39. The number of para-hydroxylation sites is 1. The molecule has 25 heavy (non-hydrogen) atoms. The number of carbonyl (C=O) groups excluding carboxylic acids is 1. The molecule has 1 aliphatic rings. The molecule has 0 spiro atoms. The van der Waals surface area contributed by atoms with E-state index in [-0.39, 0.29) is 5.91 Å². The molecule has 1 amide bonds. The fraction of sp³-hybridized carbons (Fsp3) is 0.400. The smallest absolute Gasteiger partial charge is 0.238 e. The zero-order valence-corrected chi connectivity index (χ0v) is 14.9. The average molecular weight is 339 g/mol. The fourth-order valence-electron chi connectivity index (χ4n) is 3.36. The SMILES string of the molecule is COc1cccc(C)c1NC(=O)CN1CCC(c2ccccn2)CC1. The van der Waals surface area contributed by atoms with Gasteiger partial charge in [-0.1, -0.05) is 18.2 Å². The van der Waals surface area contributed by atoms with Crippen LogP contribution in [-0.4, -0.2) is 42.5 Å². The minimum Gasteiger partial charge on any atom is -0.495 e. The standard InChI is InChI=1S/C20H25N3O2/c1-15-6-5-8-18(25-2)20(15)22-19(24)14-23-12-9-16(10-13-23)17-7-3-4-11-21-17/h3-8,11,16H,9-10,12-14H2,1-2H3,(H,22,24). The number of likely N-dealkylation sites (tertiary alicyclic amines) is 1. The molecule has 3 rings (SSSR count). The van der Waals surface area contributed by atoms with Crippen molar-refractivity contribution in [1.82, 2.24) is 9.88 Å². The molecule has 1 N–H and O–H groups in total. The summed E-state index contributed by atoms with van der Waals surface area (Å²) in [5.41, 5.74) is 2.93. The maximum Gasteiger partial charge on any atom is 0.238 e. The number of carbonyl (C=O) groups is 1. The number of anilines is 1. The first-order chi connectivity index (χ1) is 12.2. The largest absolute Gasteiger partial charge is 0.495 e. The van der Waals surface area contributed by atoms with Gasteiger partial charge in [0.2, 0.25) is 5.91 Å². The molecule has 0 unspecified atom stereocenters. The van der Waals surface area contributed by atoms with Crippen molar-refractivity contribution in [3.05, 3.63) is 53.9 Å². The van der Waals surface area contributed by atoms with Crippen LogP contribution in [0.2, 0.25) is 0 Å². The zero-order chi connectivity index (χ0) is 17.6. The number of amides is 1. The Labute approximate surface area is 149 Å². The van der Waals surface area contributed by atoms with Gasteiger partial charge >= 0.3 is 0 Å². The maximum absolute atomic E-state index is 12.4. The summed E-state index contributed by atoms with van der Waals surface area (Å²) in [6.07, 6.45) is 3.93. The van der Waals surface area contributed by atoms with E-state index in [1.165, 1.54) is 0 Å². The highest BCUT2D eigenvalue weighted by Gasteiger charge is 2.23. The minimum absolute atomic E-state index is 0.00360. The van der Waals surface area contributed by atoms with Crippen molar-refractivity contribution in [1.29, 1.82) is 0 Å². The quantitative estimate of drug-likeness (QED) is 0.909. The molecule has 5 heteroatoms. The average Bonchev–Trinajstić information content (AvgIpc) is 2.65. The van der Waals surface area contributed by atoms with E-state index in [1.807, 2.05) is 43.5 Å². The van der Waals surface area contributed by atoms with E-state index in [1.54, 1.807) is 7.11 Å². The first kappa shape index (κ1) is 17.4. The van der Waals surface area contributed by atoms with Crippen LogP contribution in [0.1, 0.15) is 30.0 Å². The van der Waals surface area contributed by atoms with Gasteiger partial charge in [0.25, 0.3) is 0 Å². The Bertz CT molecular complexity index is 710. The summed E-state index contributed by atoms with van der Waals surface area (Å²) in [7, 11) is 1.62. The third kappa shape index (κ3) is 4.37. The topological polar surface area (TPSA) is 54.5 Å². The van der Waals surface area contributed by atoms with Crippen LogP contribution in [0, 0.1) is 6.92 Å². The Morgan fingerprint density at radius 1 is 1.24 bits per heavy atom. The van der Waals surface area contributed by atoms with Gasteiger partial charge in [-0.15, -0.1) is 0 Å². The van der Waals surface area contributed by atoms with E-state index in [9.17, 15) is 4.79 Å².